The van der Waals surface area contributed by atoms with Gasteiger partial charge in [0.05, 0.1) is 11.5 Å². The minimum atomic E-state index is -2.81. The van der Waals surface area contributed by atoms with E-state index in [9.17, 15) is 8.42 Å². The molecule has 2 rings (SSSR count). The van der Waals surface area contributed by atoms with Crippen LogP contribution in [-0.2, 0) is 9.84 Å². The van der Waals surface area contributed by atoms with Gasteiger partial charge in [0.15, 0.2) is 9.84 Å². The van der Waals surface area contributed by atoms with Crippen molar-refractivity contribution in [3.63, 3.8) is 0 Å². The summed E-state index contributed by atoms with van der Waals surface area (Å²) >= 11 is 0. The summed E-state index contributed by atoms with van der Waals surface area (Å²) in [5, 5.41) is 3.62. The van der Waals surface area contributed by atoms with Crippen LogP contribution in [0.3, 0.4) is 0 Å². The highest BCUT2D eigenvalue weighted by Gasteiger charge is 2.44. The molecule has 112 valence electrons. The average Bonchev–Trinajstić information content (AvgIpc) is 2.63. The normalized spacial score (nSPS) is 39.5. The lowest BCUT2D eigenvalue weighted by molar-refractivity contribution is 0.0586. The Hall–Kier alpha value is -0.130. The molecule has 0 spiro atoms. The molecule has 19 heavy (non-hydrogen) atoms. The van der Waals surface area contributed by atoms with Crippen molar-refractivity contribution in [2.75, 3.05) is 31.1 Å². The Morgan fingerprint density at radius 3 is 2.68 bits per heavy atom. The first-order valence-electron chi connectivity index (χ1n) is 7.55. The maximum absolute atomic E-state index is 11.7. The fourth-order valence-corrected chi connectivity index (χ4v) is 5.68. The summed E-state index contributed by atoms with van der Waals surface area (Å²) in [5.74, 6) is 1.31. The number of likely N-dealkylation sites (tertiary alicyclic amines) is 1. The molecule has 0 aromatic carbocycles. The van der Waals surface area contributed by atoms with Crippen LogP contribution in [0.2, 0.25) is 0 Å². The van der Waals surface area contributed by atoms with E-state index in [1.165, 1.54) is 6.42 Å². The van der Waals surface area contributed by atoms with Crippen LogP contribution in [0.5, 0.6) is 0 Å². The lowest BCUT2D eigenvalue weighted by Gasteiger charge is -2.45. The third-order valence-electron chi connectivity index (χ3n) is 4.81. The van der Waals surface area contributed by atoms with E-state index < -0.39 is 9.84 Å². The number of nitrogens with zero attached hydrogens (tertiary/aromatic N) is 1. The quantitative estimate of drug-likeness (QED) is 0.846. The number of rotatable bonds is 4. The third-order valence-corrected chi connectivity index (χ3v) is 6.70. The Balaban J connectivity index is 1.95. The molecule has 2 fully saturated rings. The highest BCUT2D eigenvalue weighted by molar-refractivity contribution is 7.91. The molecule has 5 heteroatoms. The molecular weight excluding hydrogens is 260 g/mol. The summed E-state index contributed by atoms with van der Waals surface area (Å²) in [4.78, 5) is 2.42. The van der Waals surface area contributed by atoms with E-state index in [0.29, 0.717) is 23.5 Å². The van der Waals surface area contributed by atoms with Gasteiger partial charge < -0.3 is 5.32 Å². The van der Waals surface area contributed by atoms with Crippen LogP contribution in [0.25, 0.3) is 0 Å². The second-order valence-corrected chi connectivity index (χ2v) is 8.80. The summed E-state index contributed by atoms with van der Waals surface area (Å²) in [5.41, 5.74) is -0.122. The summed E-state index contributed by atoms with van der Waals surface area (Å²) in [6.45, 7) is 9.74. The maximum Gasteiger partial charge on any atom is 0.152 e. The number of nitrogens with one attached hydrogen (secondary N) is 1. The predicted octanol–water partition coefficient (Wildman–Crippen LogP) is 1.27. The Labute approximate surface area is 117 Å². The molecule has 0 aromatic rings. The standard InChI is InChI=1S/C14H28N2O2S/c1-4-7-15-13-5-8-16(10-12(13)2)14(3)6-9-19(17,18)11-14/h12-13,15H,4-11H2,1-3H3. The van der Waals surface area contributed by atoms with Crippen molar-refractivity contribution >= 4 is 9.84 Å². The molecule has 4 nitrogen and oxygen atoms in total. The van der Waals surface area contributed by atoms with Crippen LogP contribution in [0.4, 0.5) is 0 Å². The van der Waals surface area contributed by atoms with E-state index in [4.69, 9.17) is 0 Å². The first kappa shape index (κ1) is 15.3. The summed E-state index contributed by atoms with van der Waals surface area (Å²) in [6.07, 6.45) is 3.11. The molecule has 2 aliphatic rings. The highest BCUT2D eigenvalue weighted by atomic mass is 32.2. The van der Waals surface area contributed by atoms with Crippen molar-refractivity contribution in [3.8, 4) is 0 Å². The molecule has 0 saturated carbocycles. The van der Waals surface area contributed by atoms with Gasteiger partial charge in [-0.15, -0.1) is 0 Å². The van der Waals surface area contributed by atoms with Gasteiger partial charge in [-0.2, -0.15) is 0 Å². The van der Waals surface area contributed by atoms with Crippen LogP contribution in [0.15, 0.2) is 0 Å². The van der Waals surface area contributed by atoms with Gasteiger partial charge >= 0.3 is 0 Å². The predicted molar refractivity (Wildman–Crippen MR) is 79.1 cm³/mol. The summed E-state index contributed by atoms with van der Waals surface area (Å²) in [6, 6.07) is 0.595. The first-order chi connectivity index (χ1) is 8.86. The topological polar surface area (TPSA) is 49.4 Å². The molecular formula is C14H28N2O2S. The summed E-state index contributed by atoms with van der Waals surface area (Å²) < 4.78 is 23.5. The fourth-order valence-electron chi connectivity index (χ4n) is 3.51. The highest BCUT2D eigenvalue weighted by Crippen LogP contribution is 2.33. The van der Waals surface area contributed by atoms with Crippen LogP contribution < -0.4 is 5.32 Å². The molecule has 3 atom stereocenters. The number of sulfone groups is 1. The second kappa shape index (κ2) is 5.70. The Morgan fingerprint density at radius 2 is 2.16 bits per heavy atom. The van der Waals surface area contributed by atoms with E-state index in [1.54, 1.807) is 0 Å². The molecule has 1 N–H and O–H groups in total. The zero-order valence-corrected chi connectivity index (χ0v) is 13.3. The minimum Gasteiger partial charge on any atom is -0.314 e. The Bertz CT molecular complexity index is 410. The van der Waals surface area contributed by atoms with Crippen molar-refractivity contribution < 1.29 is 8.42 Å². The largest absolute Gasteiger partial charge is 0.314 e. The van der Waals surface area contributed by atoms with Crippen molar-refractivity contribution in [1.82, 2.24) is 10.2 Å². The number of hydrogen-bond donors (Lipinski definition) is 1. The fraction of sp³-hybridized carbons (Fsp3) is 1.00. The van der Waals surface area contributed by atoms with E-state index in [2.05, 4.69) is 31.0 Å². The third kappa shape index (κ3) is 3.50. The zero-order valence-electron chi connectivity index (χ0n) is 12.5. The van der Waals surface area contributed by atoms with E-state index in [-0.39, 0.29) is 5.54 Å². The average molecular weight is 288 g/mol. The van der Waals surface area contributed by atoms with Gasteiger partial charge in [-0.3, -0.25) is 4.90 Å². The molecule has 0 amide bonds. The maximum atomic E-state index is 11.7. The monoisotopic (exact) mass is 288 g/mol. The Kier molecular flexibility index (Phi) is 4.58. The number of hydrogen-bond acceptors (Lipinski definition) is 4. The van der Waals surface area contributed by atoms with Crippen molar-refractivity contribution in [2.24, 2.45) is 5.92 Å². The Morgan fingerprint density at radius 1 is 1.42 bits per heavy atom. The molecule has 0 aromatic heterocycles. The van der Waals surface area contributed by atoms with Gasteiger partial charge in [0.25, 0.3) is 0 Å². The zero-order chi connectivity index (χ0) is 14.1. The van der Waals surface area contributed by atoms with Crippen molar-refractivity contribution in [1.29, 1.82) is 0 Å². The van der Waals surface area contributed by atoms with Gasteiger partial charge in [-0.25, -0.2) is 8.42 Å². The smallest absolute Gasteiger partial charge is 0.152 e. The van der Waals surface area contributed by atoms with Crippen LogP contribution in [-0.4, -0.2) is 56.0 Å². The van der Waals surface area contributed by atoms with E-state index in [1.807, 2.05) is 0 Å². The molecule has 2 heterocycles. The lowest BCUT2D eigenvalue weighted by Crippen LogP contribution is -2.56. The van der Waals surface area contributed by atoms with Crippen molar-refractivity contribution in [2.45, 2.75) is 51.6 Å². The van der Waals surface area contributed by atoms with Gasteiger partial charge in [-0.05, 0) is 38.6 Å². The van der Waals surface area contributed by atoms with Crippen LogP contribution >= 0.6 is 0 Å². The molecule has 0 radical (unpaired) electrons. The van der Waals surface area contributed by atoms with E-state index in [0.717, 1.165) is 32.5 Å². The first-order valence-corrected chi connectivity index (χ1v) is 9.37. The van der Waals surface area contributed by atoms with Crippen LogP contribution in [0, 0.1) is 5.92 Å². The van der Waals surface area contributed by atoms with Crippen molar-refractivity contribution in [3.05, 3.63) is 0 Å². The van der Waals surface area contributed by atoms with Gasteiger partial charge in [0, 0.05) is 24.7 Å². The number of piperidine rings is 1. The van der Waals surface area contributed by atoms with Gasteiger partial charge in [0.2, 0.25) is 0 Å². The molecule has 0 bridgehead atoms. The van der Waals surface area contributed by atoms with Crippen LogP contribution in [0.1, 0.15) is 40.0 Å². The SMILES string of the molecule is CCCNC1CCN(C2(C)CCS(=O)(=O)C2)CC1C. The molecule has 2 saturated heterocycles. The lowest BCUT2D eigenvalue weighted by atomic mass is 9.88. The minimum absolute atomic E-state index is 0.122. The molecule has 2 aliphatic heterocycles. The second-order valence-electron chi connectivity index (χ2n) is 6.61. The van der Waals surface area contributed by atoms with Gasteiger partial charge in [0.1, 0.15) is 0 Å². The summed E-state index contributed by atoms with van der Waals surface area (Å²) in [7, 11) is -2.81. The molecule has 0 aliphatic carbocycles. The van der Waals surface area contributed by atoms with E-state index >= 15 is 0 Å². The molecule has 3 unspecified atom stereocenters. The van der Waals surface area contributed by atoms with Gasteiger partial charge in [-0.1, -0.05) is 13.8 Å².